The van der Waals surface area contributed by atoms with Crippen molar-refractivity contribution in [2.45, 2.75) is 6.10 Å². The first kappa shape index (κ1) is 17.6. The van der Waals surface area contributed by atoms with Crippen LogP contribution in [0.25, 0.3) is 0 Å². The molecule has 0 spiro atoms. The van der Waals surface area contributed by atoms with Gasteiger partial charge < -0.3 is 25.2 Å². The van der Waals surface area contributed by atoms with Gasteiger partial charge >= 0.3 is 0 Å². The Morgan fingerprint density at radius 3 is 2.71 bits per heavy atom. The van der Waals surface area contributed by atoms with Crippen molar-refractivity contribution in [2.24, 2.45) is 5.92 Å². The summed E-state index contributed by atoms with van der Waals surface area (Å²) in [6.07, 6.45) is -0.409. The molecule has 0 saturated carbocycles. The molecule has 0 radical (unpaired) electrons. The number of ether oxygens (including phenoxy) is 2. The Labute approximate surface area is 130 Å². The first-order valence-electron chi connectivity index (χ1n) is 6.54. The summed E-state index contributed by atoms with van der Waals surface area (Å²) in [5, 5.41) is 15.6. The van der Waals surface area contributed by atoms with E-state index in [4.69, 9.17) is 9.47 Å². The van der Waals surface area contributed by atoms with E-state index in [1.54, 1.807) is 25.3 Å². The average Bonchev–Trinajstić information content (AvgIpc) is 2.89. The van der Waals surface area contributed by atoms with Crippen LogP contribution in [-0.4, -0.2) is 51.0 Å². The smallest absolute Gasteiger partial charge is 0.255 e. The zero-order chi connectivity index (χ0) is 14.5. The number of amides is 1. The highest BCUT2D eigenvalue weighted by molar-refractivity contribution is 5.97. The van der Waals surface area contributed by atoms with Gasteiger partial charge in [0.2, 0.25) is 0 Å². The number of benzene rings is 1. The van der Waals surface area contributed by atoms with Gasteiger partial charge in [0.05, 0.1) is 25.9 Å². The van der Waals surface area contributed by atoms with Crippen LogP contribution in [0.3, 0.4) is 0 Å². The first-order chi connectivity index (χ1) is 9.65. The number of carbonyl (C=O) groups excluding carboxylic acids is 1. The molecule has 2 atom stereocenters. The molecule has 6 nitrogen and oxygen atoms in total. The van der Waals surface area contributed by atoms with Crippen LogP contribution in [0.4, 0.5) is 0 Å². The largest absolute Gasteiger partial charge is 0.497 e. The molecule has 0 aliphatic carbocycles. The summed E-state index contributed by atoms with van der Waals surface area (Å²) in [4.78, 5) is 12.2. The number of carbonyl (C=O) groups is 1. The normalized spacial score (nSPS) is 20.5. The Kier molecular flexibility index (Phi) is 6.74. The number of halogens is 1. The number of rotatable bonds is 5. The fourth-order valence-electron chi connectivity index (χ4n) is 2.23. The lowest BCUT2D eigenvalue weighted by atomic mass is 10.1. The highest BCUT2D eigenvalue weighted by Crippen LogP contribution is 2.24. The van der Waals surface area contributed by atoms with Crippen molar-refractivity contribution < 1.29 is 19.4 Å². The van der Waals surface area contributed by atoms with E-state index in [0.717, 1.165) is 0 Å². The highest BCUT2D eigenvalue weighted by atomic mass is 35.5. The van der Waals surface area contributed by atoms with E-state index in [9.17, 15) is 9.90 Å². The van der Waals surface area contributed by atoms with E-state index in [2.05, 4.69) is 10.6 Å². The monoisotopic (exact) mass is 316 g/mol. The summed E-state index contributed by atoms with van der Waals surface area (Å²) in [5.74, 6) is 0.924. The van der Waals surface area contributed by atoms with Crippen LogP contribution in [0.5, 0.6) is 11.5 Å². The summed E-state index contributed by atoms with van der Waals surface area (Å²) in [6.45, 7) is 1.72. The average molecular weight is 317 g/mol. The lowest BCUT2D eigenvalue weighted by Crippen LogP contribution is -2.34. The summed E-state index contributed by atoms with van der Waals surface area (Å²) < 4.78 is 10.3. The minimum atomic E-state index is -0.409. The standard InChI is InChI=1S/C14H20N2O4.ClH/c1-19-10-3-4-11(13(5-10)20-2)14(18)16-7-9-6-15-8-12(9)17;/h3-5,9,12,15,17H,6-8H2,1-2H3,(H,16,18);1H. The van der Waals surface area contributed by atoms with Gasteiger partial charge in [-0.2, -0.15) is 0 Å². The Bertz CT molecular complexity index is 484. The molecule has 1 fully saturated rings. The Morgan fingerprint density at radius 2 is 2.14 bits per heavy atom. The Hall–Kier alpha value is -1.50. The van der Waals surface area contributed by atoms with Crippen LogP contribution in [0, 0.1) is 5.92 Å². The van der Waals surface area contributed by atoms with Crippen molar-refractivity contribution in [2.75, 3.05) is 33.9 Å². The number of aliphatic hydroxyl groups excluding tert-OH is 1. The maximum atomic E-state index is 12.2. The predicted octanol–water partition coefficient (Wildman–Crippen LogP) is 0.436. The molecule has 1 aliphatic heterocycles. The van der Waals surface area contributed by atoms with Gasteiger partial charge in [0.25, 0.3) is 5.91 Å². The molecule has 1 aliphatic rings. The molecular weight excluding hydrogens is 296 g/mol. The zero-order valence-corrected chi connectivity index (χ0v) is 12.9. The molecule has 1 saturated heterocycles. The molecule has 1 amide bonds. The number of hydrogen-bond donors (Lipinski definition) is 3. The van der Waals surface area contributed by atoms with E-state index < -0.39 is 6.10 Å². The molecule has 1 aromatic rings. The van der Waals surface area contributed by atoms with E-state index in [-0.39, 0.29) is 24.2 Å². The van der Waals surface area contributed by atoms with Gasteiger partial charge in [-0.25, -0.2) is 0 Å². The van der Waals surface area contributed by atoms with Crippen LogP contribution in [0.15, 0.2) is 18.2 Å². The first-order valence-corrected chi connectivity index (χ1v) is 6.54. The van der Waals surface area contributed by atoms with E-state index in [1.165, 1.54) is 7.11 Å². The fraction of sp³-hybridized carbons (Fsp3) is 0.500. The molecule has 3 N–H and O–H groups in total. The second-order valence-corrected chi connectivity index (χ2v) is 4.76. The predicted molar refractivity (Wildman–Crippen MR) is 81.5 cm³/mol. The Morgan fingerprint density at radius 1 is 1.38 bits per heavy atom. The molecule has 0 bridgehead atoms. The van der Waals surface area contributed by atoms with Crippen LogP contribution in [-0.2, 0) is 0 Å². The van der Waals surface area contributed by atoms with Gasteiger partial charge in [-0.05, 0) is 12.1 Å². The molecule has 118 valence electrons. The second-order valence-electron chi connectivity index (χ2n) is 4.76. The molecule has 1 heterocycles. The lowest BCUT2D eigenvalue weighted by molar-refractivity contribution is 0.0924. The van der Waals surface area contributed by atoms with Gasteiger partial charge in [0, 0.05) is 31.6 Å². The van der Waals surface area contributed by atoms with Crippen molar-refractivity contribution in [3.63, 3.8) is 0 Å². The lowest BCUT2D eigenvalue weighted by Gasteiger charge is -2.15. The molecule has 2 unspecified atom stereocenters. The topological polar surface area (TPSA) is 79.8 Å². The fourth-order valence-corrected chi connectivity index (χ4v) is 2.23. The third kappa shape index (κ3) is 4.23. The van der Waals surface area contributed by atoms with E-state index in [1.807, 2.05) is 0 Å². The summed E-state index contributed by atoms with van der Waals surface area (Å²) in [7, 11) is 3.07. The maximum absolute atomic E-state index is 12.2. The van der Waals surface area contributed by atoms with Crippen LogP contribution >= 0.6 is 12.4 Å². The minimum Gasteiger partial charge on any atom is -0.497 e. The molecule has 0 aromatic heterocycles. The highest BCUT2D eigenvalue weighted by Gasteiger charge is 2.25. The maximum Gasteiger partial charge on any atom is 0.255 e. The quantitative estimate of drug-likeness (QED) is 0.734. The molecular formula is C14H21ClN2O4. The summed E-state index contributed by atoms with van der Waals surface area (Å²) in [6, 6.07) is 5.04. The summed E-state index contributed by atoms with van der Waals surface area (Å²) in [5.41, 5.74) is 0.453. The zero-order valence-electron chi connectivity index (χ0n) is 12.1. The minimum absolute atomic E-state index is 0. The third-order valence-corrected chi connectivity index (χ3v) is 3.48. The van der Waals surface area contributed by atoms with Gasteiger partial charge in [-0.3, -0.25) is 4.79 Å². The van der Waals surface area contributed by atoms with Gasteiger partial charge in [-0.1, -0.05) is 0 Å². The van der Waals surface area contributed by atoms with E-state index >= 15 is 0 Å². The molecule has 7 heteroatoms. The molecule has 1 aromatic carbocycles. The van der Waals surface area contributed by atoms with Crippen molar-refractivity contribution in [1.29, 1.82) is 0 Å². The van der Waals surface area contributed by atoms with Crippen molar-refractivity contribution in [1.82, 2.24) is 10.6 Å². The van der Waals surface area contributed by atoms with Crippen molar-refractivity contribution in [3.8, 4) is 11.5 Å². The van der Waals surface area contributed by atoms with Gasteiger partial charge in [0.1, 0.15) is 11.5 Å². The van der Waals surface area contributed by atoms with Gasteiger partial charge in [-0.15, -0.1) is 12.4 Å². The number of methoxy groups -OCH3 is 2. The van der Waals surface area contributed by atoms with Crippen molar-refractivity contribution >= 4 is 18.3 Å². The number of nitrogens with one attached hydrogen (secondary N) is 2. The van der Waals surface area contributed by atoms with Crippen LogP contribution in [0.1, 0.15) is 10.4 Å². The number of aliphatic hydroxyl groups is 1. The number of β-amino-alcohol motifs (C(OH)–C–C–N with tert-alkyl or cyclic N) is 1. The Balaban J connectivity index is 0.00000220. The second kappa shape index (κ2) is 8.07. The van der Waals surface area contributed by atoms with E-state index in [0.29, 0.717) is 36.7 Å². The van der Waals surface area contributed by atoms with Crippen LogP contribution in [0.2, 0.25) is 0 Å². The van der Waals surface area contributed by atoms with Gasteiger partial charge in [0.15, 0.2) is 0 Å². The third-order valence-electron chi connectivity index (χ3n) is 3.48. The molecule has 2 rings (SSSR count). The van der Waals surface area contributed by atoms with Crippen molar-refractivity contribution in [3.05, 3.63) is 23.8 Å². The van der Waals surface area contributed by atoms with Crippen LogP contribution < -0.4 is 20.1 Å². The summed E-state index contributed by atoms with van der Waals surface area (Å²) >= 11 is 0. The SMILES string of the molecule is COc1ccc(C(=O)NCC2CNCC2O)c(OC)c1.Cl. The number of hydrogen-bond acceptors (Lipinski definition) is 5. The molecule has 21 heavy (non-hydrogen) atoms.